The van der Waals surface area contributed by atoms with Crippen LogP contribution in [0.3, 0.4) is 0 Å². The Morgan fingerprint density at radius 3 is 2.60 bits per heavy atom. The Morgan fingerprint density at radius 1 is 1.20 bits per heavy atom. The average molecular weight is 284 g/mol. The van der Waals surface area contributed by atoms with Gasteiger partial charge in [-0.3, -0.25) is 0 Å². The molecule has 2 N–H and O–H groups in total. The van der Waals surface area contributed by atoms with E-state index in [1.807, 2.05) is 0 Å². The molecule has 118 valence electrons. The van der Waals surface area contributed by atoms with Gasteiger partial charge in [0.25, 0.3) is 0 Å². The SMILES string of the molecule is CNC1CCC(C)CC1CN1CCC(OCCO)CC1. The molecule has 3 unspecified atom stereocenters. The van der Waals surface area contributed by atoms with Crippen molar-refractivity contribution in [2.75, 3.05) is 39.9 Å². The average Bonchev–Trinajstić information content (AvgIpc) is 2.47. The van der Waals surface area contributed by atoms with Crippen molar-refractivity contribution in [1.29, 1.82) is 0 Å². The second-order valence-electron chi connectivity index (χ2n) is 6.67. The van der Waals surface area contributed by atoms with E-state index < -0.39 is 0 Å². The normalized spacial score (nSPS) is 33.5. The number of hydrogen-bond donors (Lipinski definition) is 2. The predicted octanol–water partition coefficient (Wildman–Crippen LogP) is 1.48. The second kappa shape index (κ2) is 8.32. The molecule has 4 nitrogen and oxygen atoms in total. The van der Waals surface area contributed by atoms with Gasteiger partial charge in [-0.05, 0) is 51.0 Å². The second-order valence-corrected chi connectivity index (χ2v) is 6.67. The molecular weight excluding hydrogens is 252 g/mol. The zero-order valence-corrected chi connectivity index (χ0v) is 13.2. The summed E-state index contributed by atoms with van der Waals surface area (Å²) in [7, 11) is 2.11. The van der Waals surface area contributed by atoms with Crippen molar-refractivity contribution in [3.63, 3.8) is 0 Å². The molecule has 2 rings (SSSR count). The lowest BCUT2D eigenvalue weighted by atomic mass is 9.78. The fourth-order valence-electron chi connectivity index (χ4n) is 3.89. The third-order valence-electron chi connectivity index (χ3n) is 5.09. The highest BCUT2D eigenvalue weighted by Gasteiger charge is 2.30. The Hall–Kier alpha value is -0.160. The fraction of sp³-hybridized carbons (Fsp3) is 1.00. The van der Waals surface area contributed by atoms with Gasteiger partial charge in [0.1, 0.15) is 0 Å². The highest BCUT2D eigenvalue weighted by molar-refractivity contribution is 4.86. The molecule has 1 aliphatic carbocycles. The largest absolute Gasteiger partial charge is 0.394 e. The maximum absolute atomic E-state index is 8.80. The van der Waals surface area contributed by atoms with E-state index in [0.717, 1.165) is 37.8 Å². The smallest absolute Gasteiger partial charge is 0.0701 e. The van der Waals surface area contributed by atoms with Crippen molar-refractivity contribution in [3.05, 3.63) is 0 Å². The van der Waals surface area contributed by atoms with Crippen LogP contribution in [0.15, 0.2) is 0 Å². The minimum absolute atomic E-state index is 0.143. The van der Waals surface area contributed by atoms with Crippen LogP contribution in [-0.2, 0) is 4.74 Å². The maximum Gasteiger partial charge on any atom is 0.0701 e. The molecule has 1 aliphatic heterocycles. The summed E-state index contributed by atoms with van der Waals surface area (Å²) in [5, 5.41) is 12.3. The summed E-state index contributed by atoms with van der Waals surface area (Å²) in [5.41, 5.74) is 0. The molecule has 0 aromatic rings. The zero-order chi connectivity index (χ0) is 14.4. The maximum atomic E-state index is 8.80. The number of likely N-dealkylation sites (tertiary alicyclic amines) is 1. The molecule has 1 saturated heterocycles. The van der Waals surface area contributed by atoms with E-state index in [1.54, 1.807) is 0 Å². The van der Waals surface area contributed by atoms with E-state index in [2.05, 4.69) is 24.2 Å². The highest BCUT2D eigenvalue weighted by atomic mass is 16.5. The van der Waals surface area contributed by atoms with Crippen LogP contribution >= 0.6 is 0 Å². The molecule has 2 fully saturated rings. The molecule has 0 bridgehead atoms. The van der Waals surface area contributed by atoms with Gasteiger partial charge in [-0.15, -0.1) is 0 Å². The Kier molecular flexibility index (Phi) is 6.75. The van der Waals surface area contributed by atoms with Gasteiger partial charge in [-0.1, -0.05) is 6.92 Å². The predicted molar refractivity (Wildman–Crippen MR) is 81.9 cm³/mol. The molecule has 2 aliphatic rings. The van der Waals surface area contributed by atoms with Crippen LogP contribution in [0.5, 0.6) is 0 Å². The molecule has 0 amide bonds. The quantitative estimate of drug-likeness (QED) is 0.775. The Bertz CT molecular complexity index is 267. The van der Waals surface area contributed by atoms with Gasteiger partial charge < -0.3 is 20.1 Å². The van der Waals surface area contributed by atoms with Crippen molar-refractivity contribution in [3.8, 4) is 0 Å². The molecule has 20 heavy (non-hydrogen) atoms. The van der Waals surface area contributed by atoms with Crippen LogP contribution in [0.4, 0.5) is 0 Å². The van der Waals surface area contributed by atoms with Gasteiger partial charge in [0.05, 0.1) is 19.3 Å². The number of nitrogens with one attached hydrogen (secondary N) is 1. The Balaban J connectivity index is 1.73. The van der Waals surface area contributed by atoms with Crippen LogP contribution in [0.1, 0.15) is 39.0 Å². The van der Waals surface area contributed by atoms with E-state index in [4.69, 9.17) is 9.84 Å². The summed E-state index contributed by atoms with van der Waals surface area (Å²) in [5.74, 6) is 1.69. The van der Waals surface area contributed by atoms with Gasteiger partial charge in [0, 0.05) is 25.7 Å². The molecule has 3 atom stereocenters. The number of hydrogen-bond acceptors (Lipinski definition) is 4. The van der Waals surface area contributed by atoms with E-state index in [-0.39, 0.29) is 6.61 Å². The Labute approximate surface area is 123 Å². The highest BCUT2D eigenvalue weighted by Crippen LogP contribution is 2.30. The van der Waals surface area contributed by atoms with Crippen molar-refractivity contribution < 1.29 is 9.84 Å². The number of piperidine rings is 1. The first-order valence-electron chi connectivity index (χ1n) is 8.35. The van der Waals surface area contributed by atoms with Gasteiger partial charge >= 0.3 is 0 Å². The topological polar surface area (TPSA) is 44.7 Å². The third kappa shape index (κ3) is 4.69. The standard InChI is InChI=1S/C16H32N2O2/c1-13-3-4-16(17-2)14(11-13)12-18-7-5-15(6-8-18)20-10-9-19/h13-17,19H,3-12H2,1-2H3. The van der Waals surface area contributed by atoms with Crippen LogP contribution in [0, 0.1) is 11.8 Å². The molecule has 0 aromatic heterocycles. The lowest BCUT2D eigenvalue weighted by Gasteiger charge is -2.40. The molecule has 1 heterocycles. The first-order chi connectivity index (χ1) is 9.72. The molecule has 4 heteroatoms. The number of rotatable bonds is 6. The summed E-state index contributed by atoms with van der Waals surface area (Å²) in [6, 6.07) is 0.703. The van der Waals surface area contributed by atoms with E-state index in [0.29, 0.717) is 18.8 Å². The lowest BCUT2D eigenvalue weighted by molar-refractivity contribution is -0.0123. The number of ether oxygens (including phenoxy) is 1. The van der Waals surface area contributed by atoms with Crippen molar-refractivity contribution in [2.24, 2.45) is 11.8 Å². The fourth-order valence-corrected chi connectivity index (χ4v) is 3.89. The monoisotopic (exact) mass is 284 g/mol. The van der Waals surface area contributed by atoms with Crippen molar-refractivity contribution >= 4 is 0 Å². The lowest BCUT2D eigenvalue weighted by Crippen LogP contribution is -2.47. The summed E-state index contributed by atoms with van der Waals surface area (Å²) in [6.07, 6.45) is 6.67. The van der Waals surface area contributed by atoms with Gasteiger partial charge in [0.2, 0.25) is 0 Å². The van der Waals surface area contributed by atoms with E-state index >= 15 is 0 Å². The van der Waals surface area contributed by atoms with Gasteiger partial charge in [0.15, 0.2) is 0 Å². The summed E-state index contributed by atoms with van der Waals surface area (Å²) in [4.78, 5) is 2.62. The summed E-state index contributed by atoms with van der Waals surface area (Å²) < 4.78 is 5.64. The molecule has 1 saturated carbocycles. The van der Waals surface area contributed by atoms with E-state index in [1.165, 1.54) is 25.8 Å². The third-order valence-corrected chi connectivity index (χ3v) is 5.09. The van der Waals surface area contributed by atoms with Crippen molar-refractivity contribution in [1.82, 2.24) is 10.2 Å². The van der Waals surface area contributed by atoms with Crippen LogP contribution in [0.25, 0.3) is 0 Å². The summed E-state index contributed by atoms with van der Waals surface area (Å²) >= 11 is 0. The first kappa shape index (κ1) is 16.2. The van der Waals surface area contributed by atoms with Gasteiger partial charge in [-0.2, -0.15) is 0 Å². The molecule has 0 spiro atoms. The van der Waals surface area contributed by atoms with Crippen LogP contribution < -0.4 is 5.32 Å². The van der Waals surface area contributed by atoms with Crippen molar-refractivity contribution in [2.45, 2.75) is 51.2 Å². The number of aliphatic hydroxyl groups excluding tert-OH is 1. The first-order valence-corrected chi connectivity index (χ1v) is 8.35. The molecule has 0 aromatic carbocycles. The minimum Gasteiger partial charge on any atom is -0.394 e. The van der Waals surface area contributed by atoms with Crippen LogP contribution in [0.2, 0.25) is 0 Å². The van der Waals surface area contributed by atoms with Gasteiger partial charge in [-0.25, -0.2) is 0 Å². The molecule has 0 radical (unpaired) electrons. The van der Waals surface area contributed by atoms with E-state index in [9.17, 15) is 0 Å². The summed E-state index contributed by atoms with van der Waals surface area (Å²) in [6.45, 7) is 6.57. The zero-order valence-electron chi connectivity index (χ0n) is 13.2. The minimum atomic E-state index is 0.143. The number of nitrogens with zero attached hydrogens (tertiary/aromatic N) is 1. The number of aliphatic hydroxyl groups is 1. The Morgan fingerprint density at radius 2 is 1.95 bits per heavy atom. The molecular formula is C16H32N2O2. The van der Waals surface area contributed by atoms with Crippen LogP contribution in [-0.4, -0.2) is 62.0 Å².